The lowest BCUT2D eigenvalue weighted by atomic mass is 10.0. The quantitative estimate of drug-likeness (QED) is 0.0258. The predicted molar refractivity (Wildman–Crippen MR) is 173 cm³/mol. The molecule has 2 atom stereocenters. The number of nitrogens with two attached hydrogens (primary N) is 1. The van der Waals surface area contributed by atoms with E-state index >= 15 is 0 Å². The standard InChI is InChI=1S/C27H21N9O11S3/c28-27-31-13(8-50-27)17(33-47-5-10-1-9(24(41)42)2-14(37)20(10)38)21(39)32-18-22(40)35-19(26(45)46)11(7-49-23(18)35)6-48-16-3-12(25(43)44)30-15-4-29-34-36(15)16/h1-4,8,18,23,37-38H,5-7H2,(H2,28,31)(H,32,39)(H,41,42)(H,43,44)(H,45,46)/t18-,23-/m1/s1. The third-order valence-electron chi connectivity index (χ3n) is 7.16. The Morgan fingerprint density at radius 1 is 1.08 bits per heavy atom. The van der Waals surface area contributed by atoms with Crippen LogP contribution in [0.25, 0.3) is 5.65 Å². The van der Waals surface area contributed by atoms with E-state index in [4.69, 9.17) is 10.6 Å². The van der Waals surface area contributed by atoms with Crippen molar-refractivity contribution in [2.45, 2.75) is 23.0 Å². The third kappa shape index (κ3) is 6.42. The topological polar surface area (TPSA) is 305 Å². The Kier molecular flexibility index (Phi) is 9.18. The molecular formula is C27H21N9O11S3. The number of aromatic hydroxyl groups is 2. The van der Waals surface area contributed by atoms with Gasteiger partial charge in [-0.25, -0.2) is 24.4 Å². The van der Waals surface area contributed by atoms with Crippen LogP contribution in [-0.4, -0.2) is 114 Å². The fourth-order valence-electron chi connectivity index (χ4n) is 4.85. The van der Waals surface area contributed by atoms with Gasteiger partial charge in [0.05, 0.1) is 11.8 Å². The number of carbonyl (C=O) groups excluding carboxylic acids is 2. The maximum Gasteiger partial charge on any atom is 0.354 e. The number of β-lactam (4-membered cyclic amide) rings is 1. The van der Waals surface area contributed by atoms with E-state index in [0.29, 0.717) is 10.6 Å². The minimum atomic E-state index is -1.38. The molecule has 1 saturated heterocycles. The number of carbonyl (C=O) groups is 5. The molecule has 50 heavy (non-hydrogen) atoms. The summed E-state index contributed by atoms with van der Waals surface area (Å²) in [5, 5.41) is 63.7. The SMILES string of the molecule is Nc1nc(C(=NOCc2cc(C(=O)O)cc(O)c2O)C(=O)N[C@@H]2C(=O)N3C(C(=O)O)=C(CSc4cc(C(=O)O)nc5cnnn45)CS[C@H]23)cs1. The largest absolute Gasteiger partial charge is 0.504 e. The average molecular weight is 744 g/mol. The van der Waals surface area contributed by atoms with Crippen molar-refractivity contribution in [1.29, 1.82) is 0 Å². The maximum atomic E-state index is 13.4. The van der Waals surface area contributed by atoms with Crippen molar-refractivity contribution in [3.63, 3.8) is 0 Å². The molecule has 5 heterocycles. The number of rotatable bonds is 12. The lowest BCUT2D eigenvalue weighted by Crippen LogP contribution is -2.71. The van der Waals surface area contributed by atoms with E-state index in [1.165, 1.54) is 33.9 Å². The highest BCUT2D eigenvalue weighted by molar-refractivity contribution is 8.01. The lowest BCUT2D eigenvalue weighted by molar-refractivity contribution is -0.150. The number of carboxylic acids is 3. The predicted octanol–water partition coefficient (Wildman–Crippen LogP) is 0.422. The number of aromatic nitrogens is 5. The highest BCUT2D eigenvalue weighted by Gasteiger charge is 2.54. The number of nitrogens with one attached hydrogen (secondary N) is 1. The summed E-state index contributed by atoms with van der Waals surface area (Å²) >= 11 is 3.24. The summed E-state index contributed by atoms with van der Waals surface area (Å²) in [7, 11) is 0. The summed E-state index contributed by atoms with van der Waals surface area (Å²) in [4.78, 5) is 76.3. The fourth-order valence-corrected chi connectivity index (χ4v) is 7.88. The number of aliphatic carboxylic acids is 1. The van der Waals surface area contributed by atoms with Crippen molar-refractivity contribution in [3.05, 3.63) is 63.6 Å². The number of aromatic carboxylic acids is 2. The number of nitrogen functional groups attached to an aromatic ring is 1. The van der Waals surface area contributed by atoms with E-state index in [9.17, 15) is 49.5 Å². The number of benzene rings is 1. The van der Waals surface area contributed by atoms with Crippen LogP contribution in [0.5, 0.6) is 11.5 Å². The Balaban J connectivity index is 1.19. The number of phenols is 2. The van der Waals surface area contributed by atoms with Gasteiger partial charge in [0, 0.05) is 28.5 Å². The molecule has 1 aromatic carbocycles. The summed E-state index contributed by atoms with van der Waals surface area (Å²) in [6.45, 7) is -0.585. The fraction of sp³-hybridized carbons (Fsp3) is 0.185. The molecule has 23 heteroatoms. The van der Waals surface area contributed by atoms with Gasteiger partial charge < -0.3 is 41.4 Å². The van der Waals surface area contributed by atoms with Gasteiger partial charge in [-0.2, -0.15) is 4.52 Å². The number of thiazole rings is 1. The summed E-state index contributed by atoms with van der Waals surface area (Å²) < 4.78 is 1.30. The zero-order chi connectivity index (χ0) is 35.9. The van der Waals surface area contributed by atoms with Crippen LogP contribution in [0.1, 0.15) is 32.1 Å². The average Bonchev–Trinajstić information content (AvgIpc) is 3.74. The van der Waals surface area contributed by atoms with Crippen LogP contribution in [0, 0.1) is 0 Å². The molecule has 8 N–H and O–H groups in total. The summed E-state index contributed by atoms with van der Waals surface area (Å²) in [5.41, 5.74) is 4.73. The Hall–Kier alpha value is -5.94. The minimum absolute atomic E-state index is 0.0367. The third-order valence-corrected chi connectivity index (χ3v) is 10.2. The number of hydrogen-bond donors (Lipinski definition) is 7. The molecular weight excluding hydrogens is 723 g/mol. The number of anilines is 1. The first kappa shape index (κ1) is 33.9. The number of amides is 2. The number of nitrogens with zero attached hydrogens (tertiary/aromatic N) is 7. The molecule has 0 saturated carbocycles. The second-order valence-corrected chi connectivity index (χ2v) is 13.3. The van der Waals surface area contributed by atoms with E-state index in [0.717, 1.165) is 40.1 Å². The Labute approximate surface area is 290 Å². The maximum absolute atomic E-state index is 13.4. The van der Waals surface area contributed by atoms with Crippen molar-refractivity contribution in [1.82, 2.24) is 35.0 Å². The molecule has 20 nitrogen and oxygen atoms in total. The van der Waals surface area contributed by atoms with Crippen LogP contribution in [-0.2, 0) is 25.8 Å². The molecule has 0 aliphatic carbocycles. The summed E-state index contributed by atoms with van der Waals surface area (Å²) in [6.07, 6.45) is 1.27. The van der Waals surface area contributed by atoms with Crippen LogP contribution in [0.2, 0.25) is 0 Å². The Morgan fingerprint density at radius 2 is 1.86 bits per heavy atom. The number of phenolic OH excluding ortho intramolecular Hbond substituents is 2. The molecule has 6 rings (SSSR count). The molecule has 3 aromatic heterocycles. The van der Waals surface area contributed by atoms with Gasteiger partial charge in [-0.3, -0.25) is 14.5 Å². The van der Waals surface area contributed by atoms with Gasteiger partial charge >= 0.3 is 17.9 Å². The second-order valence-electron chi connectivity index (χ2n) is 10.3. The van der Waals surface area contributed by atoms with Gasteiger partial charge in [-0.15, -0.1) is 40.0 Å². The van der Waals surface area contributed by atoms with Crippen LogP contribution < -0.4 is 11.1 Å². The molecule has 0 bridgehead atoms. The van der Waals surface area contributed by atoms with Crippen molar-refractivity contribution < 1.29 is 54.3 Å². The molecule has 258 valence electrons. The molecule has 1 fully saturated rings. The van der Waals surface area contributed by atoms with Crippen LogP contribution in [0.3, 0.4) is 0 Å². The number of oxime groups is 1. The first-order chi connectivity index (χ1) is 23.8. The smallest absolute Gasteiger partial charge is 0.354 e. The van der Waals surface area contributed by atoms with Gasteiger partial charge in [0.25, 0.3) is 11.8 Å². The molecule has 0 spiro atoms. The zero-order valence-electron chi connectivity index (χ0n) is 24.8. The highest BCUT2D eigenvalue weighted by Crippen LogP contribution is 2.42. The van der Waals surface area contributed by atoms with E-state index in [1.807, 2.05) is 0 Å². The Morgan fingerprint density at radius 3 is 2.54 bits per heavy atom. The highest BCUT2D eigenvalue weighted by atomic mass is 32.2. The monoisotopic (exact) mass is 743 g/mol. The van der Waals surface area contributed by atoms with E-state index in [2.05, 4.69) is 30.8 Å². The van der Waals surface area contributed by atoms with Crippen LogP contribution >= 0.6 is 34.9 Å². The van der Waals surface area contributed by atoms with Crippen LogP contribution in [0.4, 0.5) is 5.13 Å². The van der Waals surface area contributed by atoms with E-state index < -0.39 is 65.0 Å². The van der Waals surface area contributed by atoms with E-state index in [-0.39, 0.29) is 50.5 Å². The van der Waals surface area contributed by atoms with Gasteiger partial charge in [0.1, 0.15) is 34.4 Å². The number of hydrogen-bond acceptors (Lipinski definition) is 17. The van der Waals surface area contributed by atoms with E-state index in [1.54, 1.807) is 0 Å². The van der Waals surface area contributed by atoms with Crippen molar-refractivity contribution >= 4 is 81.1 Å². The van der Waals surface area contributed by atoms with Crippen molar-refractivity contribution in [2.75, 3.05) is 17.2 Å². The lowest BCUT2D eigenvalue weighted by Gasteiger charge is -2.49. The van der Waals surface area contributed by atoms with Gasteiger partial charge in [0.2, 0.25) is 0 Å². The van der Waals surface area contributed by atoms with Crippen molar-refractivity contribution in [3.8, 4) is 11.5 Å². The van der Waals surface area contributed by atoms with Crippen molar-refractivity contribution in [2.24, 2.45) is 5.16 Å². The number of carboxylic acid groups (broad SMARTS) is 3. The normalized spacial score (nSPS) is 17.3. The molecule has 0 radical (unpaired) electrons. The van der Waals surface area contributed by atoms with Crippen LogP contribution in [0.15, 0.2) is 51.2 Å². The first-order valence-electron chi connectivity index (χ1n) is 13.8. The molecule has 2 aliphatic rings. The number of fused-ring (bicyclic) bond motifs is 2. The minimum Gasteiger partial charge on any atom is -0.504 e. The summed E-state index contributed by atoms with van der Waals surface area (Å²) in [6, 6.07) is 1.96. The second kappa shape index (κ2) is 13.5. The molecule has 4 aromatic rings. The van der Waals surface area contributed by atoms with Gasteiger partial charge in [-0.05, 0) is 17.7 Å². The Bertz CT molecular complexity index is 2170. The van der Waals surface area contributed by atoms with Gasteiger partial charge in [-0.1, -0.05) is 10.4 Å². The molecule has 2 aliphatic heterocycles. The molecule has 0 unspecified atom stereocenters. The van der Waals surface area contributed by atoms with Gasteiger partial charge in [0.15, 0.2) is 33.7 Å². The zero-order valence-corrected chi connectivity index (χ0v) is 27.2. The summed E-state index contributed by atoms with van der Waals surface area (Å²) in [5.74, 6) is -6.91. The first-order valence-corrected chi connectivity index (χ1v) is 16.7. The molecule has 2 amide bonds. The number of thioether (sulfide) groups is 2.